The summed E-state index contributed by atoms with van der Waals surface area (Å²) in [5.74, 6) is 0.814. The molecule has 0 saturated carbocycles. The first-order valence-corrected chi connectivity index (χ1v) is 12.9. The summed E-state index contributed by atoms with van der Waals surface area (Å²) < 4.78 is 23.1. The average molecular weight is 503 g/mol. The molecular formula is C31H34O6. The maximum absolute atomic E-state index is 11.3. The molecule has 5 rings (SSSR count). The van der Waals surface area contributed by atoms with E-state index in [1.807, 2.05) is 30.3 Å². The Hall–Kier alpha value is -3.35. The first kappa shape index (κ1) is 25.3. The zero-order valence-corrected chi connectivity index (χ0v) is 21.5. The van der Waals surface area contributed by atoms with Crippen LogP contribution in [0.5, 0.6) is 11.5 Å². The van der Waals surface area contributed by atoms with Gasteiger partial charge in [-0.1, -0.05) is 36.4 Å². The van der Waals surface area contributed by atoms with E-state index in [4.69, 9.17) is 18.9 Å². The number of ether oxygens (including phenoxy) is 4. The highest BCUT2D eigenvalue weighted by molar-refractivity contribution is 5.72. The fourth-order valence-corrected chi connectivity index (χ4v) is 5.20. The zero-order chi connectivity index (χ0) is 25.8. The van der Waals surface area contributed by atoms with Crippen molar-refractivity contribution in [2.45, 2.75) is 51.2 Å². The van der Waals surface area contributed by atoms with Crippen molar-refractivity contribution in [3.8, 4) is 22.6 Å². The summed E-state index contributed by atoms with van der Waals surface area (Å²) in [6, 6.07) is 20.3. The van der Waals surface area contributed by atoms with Crippen molar-refractivity contribution in [3.05, 3.63) is 82.9 Å². The van der Waals surface area contributed by atoms with Gasteiger partial charge in [-0.25, -0.2) is 0 Å². The van der Waals surface area contributed by atoms with Crippen LogP contribution in [0, 0.1) is 13.8 Å². The minimum atomic E-state index is -0.810. The minimum absolute atomic E-state index is 0.0701. The molecule has 2 aliphatic rings. The highest BCUT2D eigenvalue weighted by atomic mass is 16.5. The second-order valence-electron chi connectivity index (χ2n) is 10.2. The number of benzene rings is 3. The van der Waals surface area contributed by atoms with Gasteiger partial charge in [-0.05, 0) is 84.3 Å². The molecule has 6 nitrogen and oxygen atoms in total. The molecule has 0 spiro atoms. The average Bonchev–Trinajstić information content (AvgIpc) is 3.39. The highest BCUT2D eigenvalue weighted by Crippen LogP contribution is 2.37. The third-order valence-electron chi connectivity index (χ3n) is 7.50. The fraction of sp³-hybridized carbons (Fsp3) is 0.387. The Kier molecular flexibility index (Phi) is 7.49. The van der Waals surface area contributed by atoms with Gasteiger partial charge in [-0.15, -0.1) is 0 Å². The summed E-state index contributed by atoms with van der Waals surface area (Å²) in [4.78, 5) is 11.3. The molecule has 0 aliphatic carbocycles. The molecule has 2 saturated heterocycles. The molecule has 0 aromatic heterocycles. The molecule has 1 atom stereocenters. The second kappa shape index (κ2) is 11.0. The highest BCUT2D eigenvalue weighted by Gasteiger charge is 2.42. The number of carboxylic acids is 1. The number of hydrogen-bond donors (Lipinski definition) is 1. The van der Waals surface area contributed by atoms with Gasteiger partial charge in [-0.2, -0.15) is 0 Å². The number of aryl methyl sites for hydroxylation is 1. The lowest BCUT2D eigenvalue weighted by Crippen LogP contribution is -2.48. The maximum Gasteiger partial charge on any atom is 0.304 e. The number of rotatable bonds is 10. The summed E-state index contributed by atoms with van der Waals surface area (Å²) >= 11 is 0. The Bertz CT molecular complexity index is 1240. The molecule has 0 amide bonds. The predicted molar refractivity (Wildman–Crippen MR) is 141 cm³/mol. The van der Waals surface area contributed by atoms with Gasteiger partial charge in [0.1, 0.15) is 24.7 Å². The van der Waals surface area contributed by atoms with E-state index in [0.717, 1.165) is 47.6 Å². The third-order valence-corrected chi connectivity index (χ3v) is 7.50. The van der Waals surface area contributed by atoms with Gasteiger partial charge in [0.2, 0.25) is 0 Å². The summed E-state index contributed by atoms with van der Waals surface area (Å²) in [6.07, 6.45) is 2.45. The Balaban J connectivity index is 1.25. The van der Waals surface area contributed by atoms with E-state index < -0.39 is 11.4 Å². The van der Waals surface area contributed by atoms with Crippen molar-refractivity contribution in [3.63, 3.8) is 0 Å². The first-order valence-electron chi connectivity index (χ1n) is 12.9. The van der Waals surface area contributed by atoms with Gasteiger partial charge in [0.05, 0.1) is 31.2 Å². The van der Waals surface area contributed by atoms with Gasteiger partial charge in [0, 0.05) is 6.61 Å². The van der Waals surface area contributed by atoms with E-state index in [0.29, 0.717) is 26.4 Å². The number of aliphatic carboxylic acids is 1. The molecule has 37 heavy (non-hydrogen) atoms. The lowest BCUT2D eigenvalue weighted by Gasteiger charge is -2.40. The van der Waals surface area contributed by atoms with Crippen LogP contribution in [-0.4, -0.2) is 43.6 Å². The number of hydrogen-bond acceptors (Lipinski definition) is 5. The molecule has 2 aliphatic heterocycles. The van der Waals surface area contributed by atoms with Crippen LogP contribution in [0.4, 0.5) is 0 Å². The number of carbonyl (C=O) groups is 1. The Morgan fingerprint density at radius 2 is 1.78 bits per heavy atom. The van der Waals surface area contributed by atoms with E-state index in [-0.39, 0.29) is 12.5 Å². The van der Waals surface area contributed by atoms with Crippen LogP contribution < -0.4 is 9.47 Å². The van der Waals surface area contributed by atoms with Gasteiger partial charge >= 0.3 is 5.97 Å². The van der Waals surface area contributed by atoms with Crippen LogP contribution in [0.3, 0.4) is 0 Å². The van der Waals surface area contributed by atoms with Crippen molar-refractivity contribution in [1.29, 1.82) is 0 Å². The molecule has 3 aromatic rings. The van der Waals surface area contributed by atoms with Crippen molar-refractivity contribution >= 4 is 5.97 Å². The van der Waals surface area contributed by atoms with E-state index in [1.54, 1.807) is 0 Å². The van der Waals surface area contributed by atoms with Gasteiger partial charge in [-0.3, -0.25) is 4.79 Å². The van der Waals surface area contributed by atoms with Crippen molar-refractivity contribution in [1.82, 2.24) is 0 Å². The predicted octanol–water partition coefficient (Wildman–Crippen LogP) is 5.85. The van der Waals surface area contributed by atoms with E-state index >= 15 is 0 Å². The summed E-state index contributed by atoms with van der Waals surface area (Å²) in [5.41, 5.74) is 6.37. The summed E-state index contributed by atoms with van der Waals surface area (Å²) in [7, 11) is 0. The van der Waals surface area contributed by atoms with Crippen LogP contribution in [0.25, 0.3) is 11.1 Å². The largest absolute Gasteiger partial charge is 0.491 e. The van der Waals surface area contributed by atoms with Gasteiger partial charge in [0.25, 0.3) is 0 Å². The monoisotopic (exact) mass is 502 g/mol. The molecule has 6 heteroatoms. The first-order chi connectivity index (χ1) is 17.9. The summed E-state index contributed by atoms with van der Waals surface area (Å²) in [6.45, 7) is 7.00. The Morgan fingerprint density at radius 1 is 1.00 bits per heavy atom. The lowest BCUT2D eigenvalue weighted by molar-refractivity contribution is -0.145. The topological polar surface area (TPSA) is 74.2 Å². The third kappa shape index (κ3) is 5.65. The SMILES string of the molecule is Cc1cc(OCC2CCCO2)ccc1-c1cccc(COc2ccc(C3(CC(=O)O)COC3)cc2)c1C. The zero-order valence-electron chi connectivity index (χ0n) is 21.5. The van der Waals surface area contributed by atoms with Crippen molar-refractivity contribution in [2.24, 2.45) is 0 Å². The van der Waals surface area contributed by atoms with Crippen molar-refractivity contribution < 1.29 is 28.8 Å². The molecule has 2 fully saturated rings. The quantitative estimate of drug-likeness (QED) is 0.375. The molecule has 1 N–H and O–H groups in total. The van der Waals surface area contributed by atoms with Crippen LogP contribution in [-0.2, 0) is 26.3 Å². The molecule has 0 radical (unpaired) electrons. The van der Waals surface area contributed by atoms with Gasteiger partial charge < -0.3 is 24.1 Å². The van der Waals surface area contributed by atoms with E-state index in [2.05, 4.69) is 44.2 Å². The number of carboxylic acid groups (broad SMARTS) is 1. The summed E-state index contributed by atoms with van der Waals surface area (Å²) in [5, 5.41) is 9.28. The normalized spacial score (nSPS) is 18.3. The molecular weight excluding hydrogens is 468 g/mol. The fourth-order valence-electron chi connectivity index (χ4n) is 5.20. The minimum Gasteiger partial charge on any atom is -0.491 e. The standard InChI is InChI=1S/C31H34O6/c1-21-15-26(37-18-27-6-4-14-35-27)12-13-28(21)29-7-3-5-23(22(29)2)17-36-25-10-8-24(9-11-25)31(16-30(32)33)19-34-20-31/h3,5,7-13,15,27H,4,6,14,16-20H2,1-2H3,(H,32,33). The molecule has 0 bridgehead atoms. The molecule has 194 valence electrons. The van der Waals surface area contributed by atoms with Crippen LogP contribution >= 0.6 is 0 Å². The van der Waals surface area contributed by atoms with E-state index in [1.165, 1.54) is 16.7 Å². The molecule has 1 unspecified atom stereocenters. The Morgan fingerprint density at radius 3 is 2.43 bits per heavy atom. The second-order valence-corrected chi connectivity index (χ2v) is 10.2. The lowest BCUT2D eigenvalue weighted by atomic mass is 9.76. The smallest absolute Gasteiger partial charge is 0.304 e. The van der Waals surface area contributed by atoms with Crippen LogP contribution in [0.1, 0.15) is 41.5 Å². The van der Waals surface area contributed by atoms with Crippen molar-refractivity contribution in [2.75, 3.05) is 26.4 Å². The van der Waals surface area contributed by atoms with Crippen LogP contribution in [0.2, 0.25) is 0 Å². The molecule has 3 aromatic carbocycles. The molecule has 2 heterocycles. The Labute approximate surface area is 218 Å². The van der Waals surface area contributed by atoms with E-state index in [9.17, 15) is 9.90 Å². The maximum atomic E-state index is 11.3. The van der Waals surface area contributed by atoms with Gasteiger partial charge in [0.15, 0.2) is 0 Å². The van der Waals surface area contributed by atoms with Crippen LogP contribution in [0.15, 0.2) is 60.7 Å².